The number of hydrogen-bond donors (Lipinski definition) is 1. The summed E-state index contributed by atoms with van der Waals surface area (Å²) >= 11 is 0. The summed E-state index contributed by atoms with van der Waals surface area (Å²) in [5.74, 6) is 0.244. The summed E-state index contributed by atoms with van der Waals surface area (Å²) in [6.07, 6.45) is 4.62. The molecular formula is C13H18N4O2. The smallest absolute Gasteiger partial charge is 0.250 e. The van der Waals surface area contributed by atoms with Gasteiger partial charge < -0.3 is 5.32 Å². The maximum absolute atomic E-state index is 12.5. The van der Waals surface area contributed by atoms with Crippen molar-refractivity contribution in [2.24, 2.45) is 13.0 Å². The van der Waals surface area contributed by atoms with Crippen LogP contribution in [0.15, 0.2) is 6.20 Å². The lowest BCUT2D eigenvalue weighted by atomic mass is 10.1. The highest BCUT2D eigenvalue weighted by Gasteiger charge is 2.43. The van der Waals surface area contributed by atoms with E-state index in [9.17, 15) is 9.59 Å². The van der Waals surface area contributed by atoms with Gasteiger partial charge in [0.05, 0.1) is 11.4 Å². The fraction of sp³-hybridized carbons (Fsp3) is 0.615. The Balaban J connectivity index is 1.93. The third kappa shape index (κ3) is 2.11. The highest BCUT2D eigenvalue weighted by molar-refractivity contribution is 6.07. The lowest BCUT2D eigenvalue weighted by Crippen LogP contribution is -2.59. The molecule has 1 aromatic rings. The van der Waals surface area contributed by atoms with Gasteiger partial charge in [-0.3, -0.25) is 19.2 Å². The van der Waals surface area contributed by atoms with E-state index in [2.05, 4.69) is 10.4 Å². The Hall–Kier alpha value is -1.85. The van der Waals surface area contributed by atoms with Gasteiger partial charge in [0, 0.05) is 13.2 Å². The number of rotatable bonds is 3. The molecule has 2 fully saturated rings. The van der Waals surface area contributed by atoms with Gasteiger partial charge in [-0.1, -0.05) is 6.92 Å². The van der Waals surface area contributed by atoms with E-state index in [1.807, 2.05) is 20.2 Å². The topological polar surface area (TPSA) is 67.2 Å². The molecule has 2 aliphatic rings. The third-order valence-electron chi connectivity index (χ3n) is 3.75. The molecule has 19 heavy (non-hydrogen) atoms. The molecule has 0 aromatic carbocycles. The second-order valence-electron chi connectivity index (χ2n) is 5.30. The summed E-state index contributed by atoms with van der Waals surface area (Å²) in [6, 6.07) is -0.342. The zero-order chi connectivity index (χ0) is 13.6. The number of carbonyl (C=O) groups is 2. The van der Waals surface area contributed by atoms with Crippen molar-refractivity contribution in [3.63, 3.8) is 0 Å². The first kappa shape index (κ1) is 12.2. The third-order valence-corrected chi connectivity index (χ3v) is 3.75. The number of piperazine rings is 1. The van der Waals surface area contributed by atoms with Crippen LogP contribution in [0.2, 0.25) is 0 Å². The van der Waals surface area contributed by atoms with Crippen molar-refractivity contribution in [2.45, 2.75) is 32.2 Å². The summed E-state index contributed by atoms with van der Waals surface area (Å²) in [5.41, 5.74) is 1.63. The van der Waals surface area contributed by atoms with Gasteiger partial charge in [0.1, 0.15) is 12.6 Å². The van der Waals surface area contributed by atoms with Crippen LogP contribution in [0.5, 0.6) is 0 Å². The molecule has 1 atom stereocenters. The molecule has 1 aromatic heterocycles. The molecule has 1 unspecified atom stereocenters. The van der Waals surface area contributed by atoms with Crippen LogP contribution in [0, 0.1) is 5.92 Å². The number of aromatic nitrogens is 2. The number of nitrogens with one attached hydrogen (secondary N) is 1. The average molecular weight is 262 g/mol. The van der Waals surface area contributed by atoms with Crippen LogP contribution in [0.25, 0.3) is 0 Å². The summed E-state index contributed by atoms with van der Waals surface area (Å²) in [5, 5.41) is 7.16. The molecule has 102 valence electrons. The number of anilines is 1. The number of aryl methyl sites for hydroxylation is 2. The van der Waals surface area contributed by atoms with E-state index in [0.29, 0.717) is 5.92 Å². The molecule has 6 nitrogen and oxygen atoms in total. The van der Waals surface area contributed by atoms with Crippen molar-refractivity contribution in [2.75, 3.05) is 11.4 Å². The molecule has 1 aliphatic carbocycles. The van der Waals surface area contributed by atoms with E-state index < -0.39 is 0 Å². The SMILES string of the molecule is CCc1nn(C)cc1N1CC(=O)NC(C2CC2)C1=O. The lowest BCUT2D eigenvalue weighted by Gasteiger charge is -2.32. The molecule has 3 rings (SSSR count). The van der Waals surface area contributed by atoms with E-state index >= 15 is 0 Å². The highest BCUT2D eigenvalue weighted by atomic mass is 16.2. The molecule has 1 N–H and O–H groups in total. The normalized spacial score (nSPS) is 23.7. The summed E-state index contributed by atoms with van der Waals surface area (Å²) in [4.78, 5) is 25.9. The molecule has 0 radical (unpaired) electrons. The first-order chi connectivity index (χ1) is 9.10. The molecular weight excluding hydrogens is 244 g/mol. The molecule has 1 aliphatic heterocycles. The van der Waals surface area contributed by atoms with Gasteiger partial charge in [-0.25, -0.2) is 0 Å². The van der Waals surface area contributed by atoms with E-state index in [1.54, 1.807) is 9.58 Å². The summed E-state index contributed by atoms with van der Waals surface area (Å²) in [7, 11) is 1.83. The van der Waals surface area contributed by atoms with Crippen LogP contribution in [0.3, 0.4) is 0 Å². The first-order valence-electron chi connectivity index (χ1n) is 6.73. The average Bonchev–Trinajstić information content (AvgIpc) is 3.14. The Morgan fingerprint density at radius 2 is 2.16 bits per heavy atom. The Morgan fingerprint density at radius 3 is 2.79 bits per heavy atom. The maximum atomic E-state index is 12.5. The van der Waals surface area contributed by atoms with Crippen LogP contribution in [-0.4, -0.2) is 34.2 Å². The second-order valence-corrected chi connectivity index (χ2v) is 5.30. The molecule has 0 spiro atoms. The number of hydrogen-bond acceptors (Lipinski definition) is 3. The van der Waals surface area contributed by atoms with Gasteiger partial charge in [0.2, 0.25) is 11.8 Å². The minimum absolute atomic E-state index is 0.00444. The van der Waals surface area contributed by atoms with Crippen LogP contribution in [0.1, 0.15) is 25.5 Å². The number of nitrogens with zero attached hydrogens (tertiary/aromatic N) is 3. The Bertz CT molecular complexity index is 533. The predicted molar refractivity (Wildman–Crippen MR) is 69.6 cm³/mol. The van der Waals surface area contributed by atoms with Crippen LogP contribution in [-0.2, 0) is 23.1 Å². The van der Waals surface area contributed by atoms with Crippen molar-refractivity contribution in [1.29, 1.82) is 0 Å². The van der Waals surface area contributed by atoms with Crippen molar-refractivity contribution < 1.29 is 9.59 Å². The number of amides is 2. The van der Waals surface area contributed by atoms with Gasteiger partial charge in [0.25, 0.3) is 0 Å². The Kier molecular flexibility index (Phi) is 2.80. The molecule has 1 saturated carbocycles. The van der Waals surface area contributed by atoms with Crippen LogP contribution in [0.4, 0.5) is 5.69 Å². The standard InChI is InChI=1S/C13H18N4O2/c1-3-9-10(6-16(2)15-9)17-7-11(18)14-12(13(17)19)8-4-5-8/h6,8,12H,3-5,7H2,1-2H3,(H,14,18). The second kappa shape index (κ2) is 4.36. The zero-order valence-electron chi connectivity index (χ0n) is 11.2. The van der Waals surface area contributed by atoms with Crippen molar-refractivity contribution in [3.05, 3.63) is 11.9 Å². The molecule has 0 bridgehead atoms. The van der Waals surface area contributed by atoms with Gasteiger partial charge in [0.15, 0.2) is 0 Å². The van der Waals surface area contributed by atoms with Gasteiger partial charge in [-0.2, -0.15) is 5.10 Å². The monoisotopic (exact) mass is 262 g/mol. The summed E-state index contributed by atoms with van der Waals surface area (Å²) < 4.78 is 1.69. The molecule has 2 heterocycles. The van der Waals surface area contributed by atoms with E-state index in [0.717, 1.165) is 30.6 Å². The minimum atomic E-state index is -0.342. The van der Waals surface area contributed by atoms with Gasteiger partial charge in [-0.05, 0) is 25.2 Å². The highest BCUT2D eigenvalue weighted by Crippen LogP contribution is 2.35. The van der Waals surface area contributed by atoms with Crippen molar-refractivity contribution in [3.8, 4) is 0 Å². The molecule has 6 heteroatoms. The summed E-state index contributed by atoms with van der Waals surface area (Å²) in [6.45, 7) is 2.10. The Labute approximate surface area is 111 Å². The first-order valence-corrected chi connectivity index (χ1v) is 6.73. The molecule has 1 saturated heterocycles. The van der Waals surface area contributed by atoms with E-state index in [-0.39, 0.29) is 24.4 Å². The quantitative estimate of drug-likeness (QED) is 0.847. The molecule has 2 amide bonds. The largest absolute Gasteiger partial charge is 0.342 e. The van der Waals surface area contributed by atoms with Gasteiger partial charge >= 0.3 is 0 Å². The van der Waals surface area contributed by atoms with Gasteiger partial charge in [-0.15, -0.1) is 0 Å². The van der Waals surface area contributed by atoms with E-state index in [4.69, 9.17) is 0 Å². The zero-order valence-corrected chi connectivity index (χ0v) is 11.2. The lowest BCUT2D eigenvalue weighted by molar-refractivity contribution is -0.131. The Morgan fingerprint density at radius 1 is 1.42 bits per heavy atom. The minimum Gasteiger partial charge on any atom is -0.342 e. The maximum Gasteiger partial charge on any atom is 0.250 e. The number of carbonyl (C=O) groups excluding carboxylic acids is 2. The van der Waals surface area contributed by atoms with Crippen LogP contribution >= 0.6 is 0 Å². The van der Waals surface area contributed by atoms with Crippen molar-refractivity contribution in [1.82, 2.24) is 15.1 Å². The fourth-order valence-corrected chi connectivity index (χ4v) is 2.62. The van der Waals surface area contributed by atoms with E-state index in [1.165, 1.54) is 0 Å². The van der Waals surface area contributed by atoms with Crippen molar-refractivity contribution >= 4 is 17.5 Å². The fourth-order valence-electron chi connectivity index (χ4n) is 2.62. The van der Waals surface area contributed by atoms with Crippen LogP contribution < -0.4 is 10.2 Å². The predicted octanol–water partition coefficient (Wildman–Crippen LogP) is 0.224.